The zero-order valence-corrected chi connectivity index (χ0v) is 11.4. The zero-order valence-electron chi connectivity index (χ0n) is 10.7. The number of rotatable bonds is 5. The summed E-state index contributed by atoms with van der Waals surface area (Å²) < 4.78 is 10.5. The highest BCUT2D eigenvalue weighted by molar-refractivity contribution is 6.31. The van der Waals surface area contributed by atoms with Gasteiger partial charge in [0.2, 0.25) is 0 Å². The minimum absolute atomic E-state index is 0.343. The first-order valence-corrected chi connectivity index (χ1v) is 6.03. The molecule has 0 unspecified atom stereocenters. The van der Waals surface area contributed by atoms with Crippen molar-refractivity contribution < 1.29 is 9.47 Å². The molecule has 6 heteroatoms. The maximum atomic E-state index is 5.92. The number of methoxy groups -OCH3 is 2. The summed E-state index contributed by atoms with van der Waals surface area (Å²) >= 11 is 5.92. The molecule has 2 rings (SSSR count). The van der Waals surface area contributed by atoms with Gasteiger partial charge in [-0.15, -0.1) is 0 Å². The van der Waals surface area contributed by atoms with Crippen molar-refractivity contribution >= 4 is 17.4 Å². The fourth-order valence-electron chi connectivity index (χ4n) is 1.62. The minimum atomic E-state index is 0.343. The van der Waals surface area contributed by atoms with Crippen molar-refractivity contribution in [3.63, 3.8) is 0 Å². The molecule has 0 amide bonds. The van der Waals surface area contributed by atoms with Crippen molar-refractivity contribution in [1.29, 1.82) is 0 Å². The van der Waals surface area contributed by atoms with E-state index in [2.05, 4.69) is 15.3 Å². The fraction of sp³-hybridized carbons (Fsp3) is 0.231. The standard InChI is InChI=1S/C13H14ClN3O2/c1-18-10-4-3-9(11(7-10)19-2)8-17-13-12(14)15-5-6-16-13/h3-7H,8H2,1-2H3,(H,16,17). The quantitative estimate of drug-likeness (QED) is 0.912. The van der Waals surface area contributed by atoms with E-state index in [-0.39, 0.29) is 0 Å². The van der Waals surface area contributed by atoms with Gasteiger partial charge in [-0.05, 0) is 12.1 Å². The second-order valence-electron chi connectivity index (χ2n) is 3.73. The van der Waals surface area contributed by atoms with Gasteiger partial charge in [0.15, 0.2) is 11.0 Å². The maximum Gasteiger partial charge on any atom is 0.171 e. The number of hydrogen-bond acceptors (Lipinski definition) is 5. The third-order valence-electron chi connectivity index (χ3n) is 2.59. The first-order chi connectivity index (χ1) is 9.24. The van der Waals surface area contributed by atoms with Crippen molar-refractivity contribution in [2.45, 2.75) is 6.54 Å². The summed E-state index contributed by atoms with van der Waals surface area (Å²) in [6, 6.07) is 5.63. The van der Waals surface area contributed by atoms with E-state index in [0.717, 1.165) is 17.1 Å². The van der Waals surface area contributed by atoms with Crippen LogP contribution in [0.3, 0.4) is 0 Å². The molecule has 1 aromatic carbocycles. The number of halogens is 1. The van der Waals surface area contributed by atoms with Gasteiger partial charge in [-0.1, -0.05) is 11.6 Å². The van der Waals surface area contributed by atoms with E-state index in [9.17, 15) is 0 Å². The second-order valence-corrected chi connectivity index (χ2v) is 4.09. The highest BCUT2D eigenvalue weighted by atomic mass is 35.5. The molecule has 5 nitrogen and oxygen atoms in total. The van der Waals surface area contributed by atoms with Crippen LogP contribution < -0.4 is 14.8 Å². The van der Waals surface area contributed by atoms with Crippen molar-refractivity contribution in [1.82, 2.24) is 9.97 Å². The van der Waals surface area contributed by atoms with Crippen LogP contribution >= 0.6 is 11.6 Å². The molecule has 0 atom stereocenters. The van der Waals surface area contributed by atoms with E-state index in [0.29, 0.717) is 17.5 Å². The molecule has 0 aliphatic heterocycles. The predicted octanol–water partition coefficient (Wildman–Crippen LogP) is 2.76. The van der Waals surface area contributed by atoms with Crippen molar-refractivity contribution in [3.05, 3.63) is 41.3 Å². The van der Waals surface area contributed by atoms with Gasteiger partial charge in [0, 0.05) is 30.6 Å². The van der Waals surface area contributed by atoms with Crippen molar-refractivity contribution in [2.24, 2.45) is 0 Å². The monoisotopic (exact) mass is 279 g/mol. The Labute approximate surface area is 116 Å². The van der Waals surface area contributed by atoms with Crippen LogP contribution in [-0.2, 0) is 6.54 Å². The molecule has 0 saturated carbocycles. The Kier molecular flexibility index (Phi) is 4.41. The average Bonchev–Trinajstić information content (AvgIpc) is 2.46. The first kappa shape index (κ1) is 13.4. The normalized spacial score (nSPS) is 10.1. The molecule has 0 saturated heterocycles. The maximum absolute atomic E-state index is 5.92. The number of benzene rings is 1. The largest absolute Gasteiger partial charge is 0.497 e. The van der Waals surface area contributed by atoms with Crippen LogP contribution in [0, 0.1) is 0 Å². The number of aromatic nitrogens is 2. The highest BCUT2D eigenvalue weighted by Gasteiger charge is 2.07. The van der Waals surface area contributed by atoms with E-state index < -0.39 is 0 Å². The Hall–Kier alpha value is -2.01. The lowest BCUT2D eigenvalue weighted by atomic mass is 10.2. The summed E-state index contributed by atoms with van der Waals surface area (Å²) in [6.45, 7) is 0.533. The van der Waals surface area contributed by atoms with E-state index in [1.54, 1.807) is 26.6 Å². The Morgan fingerprint density at radius 3 is 2.63 bits per heavy atom. The lowest BCUT2D eigenvalue weighted by Gasteiger charge is -2.11. The van der Waals surface area contributed by atoms with Gasteiger partial charge < -0.3 is 14.8 Å². The van der Waals surface area contributed by atoms with Crippen LogP contribution in [0.15, 0.2) is 30.6 Å². The average molecular weight is 280 g/mol. The fourth-order valence-corrected chi connectivity index (χ4v) is 1.79. The van der Waals surface area contributed by atoms with E-state index in [1.807, 2.05) is 18.2 Å². The van der Waals surface area contributed by atoms with Gasteiger partial charge >= 0.3 is 0 Å². The Morgan fingerprint density at radius 2 is 1.95 bits per heavy atom. The third kappa shape index (κ3) is 3.26. The predicted molar refractivity (Wildman–Crippen MR) is 73.9 cm³/mol. The van der Waals surface area contributed by atoms with Crippen molar-refractivity contribution in [2.75, 3.05) is 19.5 Å². The molecule has 1 N–H and O–H groups in total. The molecule has 1 heterocycles. The lowest BCUT2D eigenvalue weighted by molar-refractivity contribution is 0.391. The summed E-state index contributed by atoms with van der Waals surface area (Å²) in [6.07, 6.45) is 3.13. The number of ether oxygens (including phenoxy) is 2. The molecule has 0 aliphatic rings. The SMILES string of the molecule is COc1ccc(CNc2nccnc2Cl)c(OC)c1. The van der Waals surface area contributed by atoms with E-state index in [4.69, 9.17) is 21.1 Å². The molecule has 0 radical (unpaired) electrons. The third-order valence-corrected chi connectivity index (χ3v) is 2.87. The van der Waals surface area contributed by atoms with Gasteiger partial charge in [0.05, 0.1) is 14.2 Å². The molecular formula is C13H14ClN3O2. The van der Waals surface area contributed by atoms with Crippen LogP contribution in [0.5, 0.6) is 11.5 Å². The number of anilines is 1. The minimum Gasteiger partial charge on any atom is -0.497 e. The Balaban J connectivity index is 2.13. The van der Waals surface area contributed by atoms with Crippen LogP contribution in [-0.4, -0.2) is 24.2 Å². The van der Waals surface area contributed by atoms with Gasteiger partial charge in [-0.3, -0.25) is 0 Å². The molecule has 0 spiro atoms. The van der Waals surface area contributed by atoms with Crippen LogP contribution in [0.2, 0.25) is 5.15 Å². The topological polar surface area (TPSA) is 56.3 Å². The van der Waals surface area contributed by atoms with E-state index >= 15 is 0 Å². The molecule has 0 aliphatic carbocycles. The molecular weight excluding hydrogens is 266 g/mol. The van der Waals surface area contributed by atoms with E-state index in [1.165, 1.54) is 0 Å². The first-order valence-electron chi connectivity index (χ1n) is 5.66. The smallest absolute Gasteiger partial charge is 0.171 e. The zero-order chi connectivity index (χ0) is 13.7. The molecule has 0 bridgehead atoms. The lowest BCUT2D eigenvalue weighted by Crippen LogP contribution is -2.04. The van der Waals surface area contributed by atoms with Crippen molar-refractivity contribution in [3.8, 4) is 11.5 Å². The summed E-state index contributed by atoms with van der Waals surface area (Å²) in [5, 5.41) is 3.46. The van der Waals surface area contributed by atoms with Gasteiger partial charge in [0.1, 0.15) is 11.5 Å². The van der Waals surface area contributed by atoms with Crippen LogP contribution in [0.1, 0.15) is 5.56 Å². The van der Waals surface area contributed by atoms with Gasteiger partial charge in [0.25, 0.3) is 0 Å². The molecule has 2 aromatic rings. The molecule has 1 aromatic heterocycles. The van der Waals surface area contributed by atoms with Crippen LogP contribution in [0.25, 0.3) is 0 Å². The summed E-state index contributed by atoms with van der Waals surface area (Å²) in [4.78, 5) is 8.06. The number of nitrogens with zero attached hydrogens (tertiary/aromatic N) is 2. The molecule has 0 fully saturated rings. The second kappa shape index (κ2) is 6.24. The van der Waals surface area contributed by atoms with Gasteiger partial charge in [-0.25, -0.2) is 9.97 Å². The summed E-state index contributed by atoms with van der Waals surface area (Å²) in [5.74, 6) is 2.03. The molecule has 19 heavy (non-hydrogen) atoms. The van der Waals surface area contributed by atoms with Gasteiger partial charge in [-0.2, -0.15) is 0 Å². The molecule has 100 valence electrons. The summed E-state index contributed by atoms with van der Waals surface area (Å²) in [5.41, 5.74) is 0.977. The number of nitrogens with one attached hydrogen (secondary N) is 1. The highest BCUT2D eigenvalue weighted by Crippen LogP contribution is 2.25. The number of hydrogen-bond donors (Lipinski definition) is 1. The van der Waals surface area contributed by atoms with Crippen LogP contribution in [0.4, 0.5) is 5.82 Å². The summed E-state index contributed by atoms with van der Waals surface area (Å²) in [7, 11) is 3.24. The Bertz CT molecular complexity index is 563. The Morgan fingerprint density at radius 1 is 1.16 bits per heavy atom.